The zero-order chi connectivity index (χ0) is 9.31. The molecule has 2 nitrogen and oxygen atoms in total. The summed E-state index contributed by atoms with van der Waals surface area (Å²) in [5.41, 5.74) is 6.11. The molecule has 2 rings (SSSR count). The van der Waals surface area contributed by atoms with Crippen molar-refractivity contribution in [2.45, 2.75) is 38.2 Å². The van der Waals surface area contributed by atoms with Crippen molar-refractivity contribution >= 4 is 0 Å². The van der Waals surface area contributed by atoms with Crippen LogP contribution >= 0.6 is 0 Å². The number of aliphatic hydroxyl groups excluding tert-OH is 1. The van der Waals surface area contributed by atoms with Gasteiger partial charge in [0.05, 0.1) is 6.10 Å². The van der Waals surface area contributed by atoms with Gasteiger partial charge in [0.1, 0.15) is 0 Å². The molecule has 0 bridgehead atoms. The van der Waals surface area contributed by atoms with E-state index in [0.717, 1.165) is 25.3 Å². The van der Waals surface area contributed by atoms with E-state index in [0.29, 0.717) is 0 Å². The normalized spacial score (nSPS) is 44.5. The van der Waals surface area contributed by atoms with Crippen molar-refractivity contribution < 1.29 is 5.11 Å². The lowest BCUT2D eigenvalue weighted by Crippen LogP contribution is -2.51. The highest BCUT2D eigenvalue weighted by Gasteiger charge is 2.47. The van der Waals surface area contributed by atoms with E-state index in [1.807, 2.05) is 0 Å². The van der Waals surface area contributed by atoms with Crippen molar-refractivity contribution in [3.63, 3.8) is 0 Å². The van der Waals surface area contributed by atoms with Crippen molar-refractivity contribution in [2.75, 3.05) is 6.54 Å². The third kappa shape index (κ3) is 1.53. The summed E-state index contributed by atoms with van der Waals surface area (Å²) in [6.45, 7) is 0.753. The van der Waals surface area contributed by atoms with E-state index in [2.05, 4.69) is 12.2 Å². The Labute approximate surface area is 79.8 Å². The molecule has 3 N–H and O–H groups in total. The molecule has 0 aromatic carbocycles. The summed E-state index contributed by atoms with van der Waals surface area (Å²) < 4.78 is 0. The third-order valence-electron chi connectivity index (χ3n) is 3.83. The van der Waals surface area contributed by atoms with Crippen LogP contribution in [-0.2, 0) is 0 Å². The molecule has 2 heteroatoms. The topological polar surface area (TPSA) is 46.2 Å². The van der Waals surface area contributed by atoms with Crippen LogP contribution in [0.15, 0.2) is 12.2 Å². The summed E-state index contributed by atoms with van der Waals surface area (Å²) in [7, 11) is 0. The lowest BCUT2D eigenvalue weighted by molar-refractivity contribution is -0.0664. The third-order valence-corrected chi connectivity index (χ3v) is 3.83. The van der Waals surface area contributed by atoms with Gasteiger partial charge in [0.25, 0.3) is 0 Å². The van der Waals surface area contributed by atoms with E-state index in [1.165, 1.54) is 19.3 Å². The SMILES string of the molecule is NCC1(C2CC=CCC2)CC(O)C1. The van der Waals surface area contributed by atoms with E-state index in [1.54, 1.807) is 0 Å². The Bertz CT molecular complexity index is 206. The first-order valence-corrected chi connectivity index (χ1v) is 5.30. The summed E-state index contributed by atoms with van der Waals surface area (Å²) in [5.74, 6) is 0.728. The highest BCUT2D eigenvalue weighted by Crippen LogP contribution is 2.50. The maximum Gasteiger partial charge on any atom is 0.0552 e. The van der Waals surface area contributed by atoms with Gasteiger partial charge in [-0.2, -0.15) is 0 Å². The van der Waals surface area contributed by atoms with Gasteiger partial charge in [0, 0.05) is 0 Å². The molecule has 74 valence electrons. The van der Waals surface area contributed by atoms with Gasteiger partial charge in [0.2, 0.25) is 0 Å². The Kier molecular flexibility index (Phi) is 2.43. The number of rotatable bonds is 2. The molecule has 0 radical (unpaired) electrons. The van der Waals surface area contributed by atoms with E-state index < -0.39 is 0 Å². The van der Waals surface area contributed by atoms with Gasteiger partial charge in [0.15, 0.2) is 0 Å². The lowest BCUT2D eigenvalue weighted by Gasteiger charge is -2.50. The van der Waals surface area contributed by atoms with Crippen LogP contribution in [0.25, 0.3) is 0 Å². The minimum atomic E-state index is -0.0746. The molecular formula is C11H19NO. The first-order valence-electron chi connectivity index (χ1n) is 5.30. The van der Waals surface area contributed by atoms with Crippen molar-refractivity contribution in [1.29, 1.82) is 0 Å². The van der Waals surface area contributed by atoms with Crippen LogP contribution in [-0.4, -0.2) is 17.8 Å². The lowest BCUT2D eigenvalue weighted by atomic mass is 9.57. The van der Waals surface area contributed by atoms with Gasteiger partial charge in [-0.15, -0.1) is 0 Å². The zero-order valence-electron chi connectivity index (χ0n) is 8.08. The minimum absolute atomic E-state index is 0.0746. The number of hydrogen-bond donors (Lipinski definition) is 2. The van der Waals surface area contributed by atoms with E-state index in [-0.39, 0.29) is 11.5 Å². The smallest absolute Gasteiger partial charge is 0.0552 e. The van der Waals surface area contributed by atoms with Crippen LogP contribution in [0, 0.1) is 11.3 Å². The van der Waals surface area contributed by atoms with Gasteiger partial charge < -0.3 is 10.8 Å². The fraction of sp³-hybridized carbons (Fsp3) is 0.818. The zero-order valence-corrected chi connectivity index (χ0v) is 8.08. The minimum Gasteiger partial charge on any atom is -0.393 e. The van der Waals surface area contributed by atoms with Crippen LogP contribution < -0.4 is 5.73 Å². The molecule has 2 aliphatic carbocycles. The maximum atomic E-state index is 9.37. The van der Waals surface area contributed by atoms with E-state index >= 15 is 0 Å². The fourth-order valence-corrected chi connectivity index (χ4v) is 2.90. The van der Waals surface area contributed by atoms with E-state index in [4.69, 9.17) is 5.73 Å². The molecule has 0 saturated heterocycles. The van der Waals surface area contributed by atoms with Gasteiger partial charge in [-0.05, 0) is 50.0 Å². The van der Waals surface area contributed by atoms with Crippen molar-refractivity contribution in [3.05, 3.63) is 12.2 Å². The highest BCUT2D eigenvalue weighted by atomic mass is 16.3. The molecule has 0 aliphatic heterocycles. The first kappa shape index (κ1) is 9.22. The van der Waals surface area contributed by atoms with Crippen LogP contribution in [0.5, 0.6) is 0 Å². The van der Waals surface area contributed by atoms with Gasteiger partial charge in [-0.25, -0.2) is 0 Å². The summed E-state index contributed by atoms with van der Waals surface area (Å²) >= 11 is 0. The predicted molar refractivity (Wildman–Crippen MR) is 53.2 cm³/mol. The van der Waals surface area contributed by atoms with Crippen molar-refractivity contribution in [2.24, 2.45) is 17.1 Å². The number of nitrogens with two attached hydrogens (primary N) is 1. The number of allylic oxidation sites excluding steroid dienone is 2. The Morgan fingerprint density at radius 3 is 2.62 bits per heavy atom. The molecule has 1 atom stereocenters. The molecule has 1 fully saturated rings. The Balaban J connectivity index is 2.00. The predicted octanol–water partition coefficient (Wildman–Crippen LogP) is 1.44. The molecule has 0 aromatic heterocycles. The molecule has 1 saturated carbocycles. The standard InChI is InChI=1S/C11H19NO/c12-8-11(6-10(13)7-11)9-4-2-1-3-5-9/h1-2,9-10,13H,3-8,12H2. The second-order valence-electron chi connectivity index (χ2n) is 4.61. The Hall–Kier alpha value is -0.340. The average molecular weight is 181 g/mol. The highest BCUT2D eigenvalue weighted by molar-refractivity contribution is 5.04. The summed E-state index contributed by atoms with van der Waals surface area (Å²) in [6, 6.07) is 0. The molecule has 1 unspecified atom stereocenters. The van der Waals surface area contributed by atoms with Crippen LogP contribution in [0.3, 0.4) is 0 Å². The largest absolute Gasteiger partial charge is 0.393 e. The number of hydrogen-bond acceptors (Lipinski definition) is 2. The first-order chi connectivity index (χ1) is 6.27. The molecule has 0 heterocycles. The van der Waals surface area contributed by atoms with Gasteiger partial charge >= 0.3 is 0 Å². The molecule has 0 aromatic rings. The quantitative estimate of drug-likeness (QED) is 0.633. The second kappa shape index (κ2) is 3.43. The van der Waals surface area contributed by atoms with E-state index in [9.17, 15) is 5.11 Å². The molecule has 2 aliphatic rings. The van der Waals surface area contributed by atoms with Crippen LogP contribution in [0.1, 0.15) is 32.1 Å². The molecule has 0 amide bonds. The Morgan fingerprint density at radius 2 is 2.15 bits per heavy atom. The van der Waals surface area contributed by atoms with Crippen molar-refractivity contribution in [1.82, 2.24) is 0 Å². The Morgan fingerprint density at radius 1 is 1.38 bits per heavy atom. The molecule has 13 heavy (non-hydrogen) atoms. The second-order valence-corrected chi connectivity index (χ2v) is 4.61. The summed E-state index contributed by atoms with van der Waals surface area (Å²) in [6.07, 6.45) is 9.96. The fourth-order valence-electron chi connectivity index (χ4n) is 2.90. The average Bonchev–Trinajstić information content (AvgIpc) is 2.14. The van der Waals surface area contributed by atoms with Crippen LogP contribution in [0.2, 0.25) is 0 Å². The van der Waals surface area contributed by atoms with Gasteiger partial charge in [-0.1, -0.05) is 12.2 Å². The van der Waals surface area contributed by atoms with Crippen molar-refractivity contribution in [3.8, 4) is 0 Å². The number of aliphatic hydroxyl groups is 1. The summed E-state index contributed by atoms with van der Waals surface area (Å²) in [5, 5.41) is 9.37. The van der Waals surface area contributed by atoms with Gasteiger partial charge in [-0.3, -0.25) is 0 Å². The molecular weight excluding hydrogens is 162 g/mol. The summed E-state index contributed by atoms with van der Waals surface area (Å²) in [4.78, 5) is 0. The van der Waals surface area contributed by atoms with Crippen LogP contribution in [0.4, 0.5) is 0 Å². The molecule has 0 spiro atoms. The maximum absolute atomic E-state index is 9.37. The monoisotopic (exact) mass is 181 g/mol.